The Morgan fingerprint density at radius 3 is 2.82 bits per heavy atom. The van der Waals surface area contributed by atoms with Gasteiger partial charge in [-0.05, 0) is 17.5 Å². The minimum absolute atomic E-state index is 0.0327. The Kier molecular flexibility index (Phi) is 4.68. The smallest absolute Gasteiger partial charge is 0.213 e. The molecular formula is C19H22N6O3. The van der Waals surface area contributed by atoms with Crippen LogP contribution in [-0.4, -0.2) is 44.2 Å². The molecule has 146 valence electrons. The van der Waals surface area contributed by atoms with Crippen molar-refractivity contribution in [2.75, 3.05) is 0 Å². The van der Waals surface area contributed by atoms with Crippen LogP contribution in [0.3, 0.4) is 0 Å². The van der Waals surface area contributed by atoms with Gasteiger partial charge in [-0.25, -0.2) is 5.01 Å². The van der Waals surface area contributed by atoms with E-state index in [4.69, 9.17) is 14.4 Å². The number of ether oxygens (including phenoxy) is 1. The highest BCUT2D eigenvalue weighted by Crippen LogP contribution is 2.38. The predicted molar refractivity (Wildman–Crippen MR) is 102 cm³/mol. The molecular weight excluding hydrogens is 360 g/mol. The number of hydrogen-bond acceptors (Lipinski definition) is 9. The maximum Gasteiger partial charge on any atom is 0.213 e. The second kappa shape index (κ2) is 7.16. The first kappa shape index (κ1) is 18.3. The third-order valence-electron chi connectivity index (χ3n) is 4.66. The topological polar surface area (TPSA) is 109 Å². The van der Waals surface area contributed by atoms with Gasteiger partial charge in [-0.15, -0.1) is 10.2 Å². The molecule has 0 radical (unpaired) electrons. The minimum Gasteiger partial charge on any atom is -0.473 e. The van der Waals surface area contributed by atoms with Crippen LogP contribution in [0.25, 0.3) is 0 Å². The van der Waals surface area contributed by atoms with E-state index >= 15 is 0 Å². The van der Waals surface area contributed by atoms with E-state index in [0.717, 1.165) is 5.69 Å². The zero-order valence-electron chi connectivity index (χ0n) is 16.0. The van der Waals surface area contributed by atoms with Crippen molar-refractivity contribution < 1.29 is 14.4 Å². The molecule has 2 aromatic heterocycles. The molecule has 9 nitrogen and oxygen atoms in total. The molecule has 2 aliphatic rings. The summed E-state index contributed by atoms with van der Waals surface area (Å²) in [6, 6.07) is 7.18. The average molecular weight is 382 g/mol. The third-order valence-corrected chi connectivity index (χ3v) is 4.66. The Hall–Kier alpha value is -3.07. The van der Waals surface area contributed by atoms with Crippen molar-refractivity contribution in [2.24, 2.45) is 26.6 Å². The number of hydrogen-bond donors (Lipinski definition) is 1. The Morgan fingerprint density at radius 1 is 1.29 bits per heavy atom. The van der Waals surface area contributed by atoms with Crippen LogP contribution >= 0.6 is 0 Å². The van der Waals surface area contributed by atoms with Gasteiger partial charge in [0.2, 0.25) is 11.7 Å². The fourth-order valence-corrected chi connectivity index (χ4v) is 3.36. The van der Waals surface area contributed by atoms with Gasteiger partial charge in [-0.2, -0.15) is 5.10 Å². The number of fused-ring (bicyclic) bond motifs is 1. The van der Waals surface area contributed by atoms with E-state index in [0.29, 0.717) is 29.8 Å². The van der Waals surface area contributed by atoms with Crippen LogP contribution in [0.4, 0.5) is 0 Å². The molecule has 0 aromatic carbocycles. The van der Waals surface area contributed by atoms with Crippen LogP contribution in [0.2, 0.25) is 0 Å². The summed E-state index contributed by atoms with van der Waals surface area (Å²) in [5, 5.41) is 28.0. The number of rotatable bonds is 4. The minimum atomic E-state index is -0.237. The summed E-state index contributed by atoms with van der Waals surface area (Å²) in [7, 11) is 0. The first-order chi connectivity index (χ1) is 13.5. The second-order valence-corrected chi connectivity index (χ2v) is 7.75. The highest BCUT2D eigenvalue weighted by molar-refractivity contribution is 6.03. The first-order valence-electron chi connectivity index (χ1n) is 9.06. The first-order valence-corrected chi connectivity index (χ1v) is 9.06. The maximum atomic E-state index is 9.24. The summed E-state index contributed by atoms with van der Waals surface area (Å²) in [6.45, 7) is 6.51. The molecule has 2 atom stereocenters. The molecule has 1 N–H and O–H groups in total. The van der Waals surface area contributed by atoms with Crippen LogP contribution in [0.15, 0.2) is 50.3 Å². The second-order valence-electron chi connectivity index (χ2n) is 7.75. The van der Waals surface area contributed by atoms with Gasteiger partial charge in [0.15, 0.2) is 11.5 Å². The van der Waals surface area contributed by atoms with Crippen molar-refractivity contribution in [1.82, 2.24) is 15.1 Å². The van der Waals surface area contributed by atoms with Crippen LogP contribution in [0, 0.1) is 11.3 Å². The predicted octanol–water partition coefficient (Wildman–Crippen LogP) is 2.18. The summed E-state index contributed by atoms with van der Waals surface area (Å²) in [6.07, 6.45) is 3.51. The van der Waals surface area contributed by atoms with Crippen LogP contribution in [-0.2, 0) is 18.0 Å². The molecule has 0 amide bonds. The lowest BCUT2D eigenvalue weighted by Gasteiger charge is -2.33. The summed E-state index contributed by atoms with van der Waals surface area (Å²) in [4.78, 5) is 4.30. The summed E-state index contributed by atoms with van der Waals surface area (Å²) in [5.41, 5.74) is 1.17. The number of aliphatic hydroxyl groups is 1. The average Bonchev–Trinajstić information content (AvgIpc) is 3.30. The quantitative estimate of drug-likeness (QED) is 0.868. The van der Waals surface area contributed by atoms with Gasteiger partial charge >= 0.3 is 0 Å². The summed E-state index contributed by atoms with van der Waals surface area (Å²) in [5.74, 6) is 1.39. The number of pyridine rings is 1. The zero-order valence-corrected chi connectivity index (χ0v) is 16.0. The SMILES string of the molecule is CC(C)(C)C1C(OCc2ccccn2)=NN2C(c3cc(CO)on3)=NN=CC12. The van der Waals surface area contributed by atoms with Crippen molar-refractivity contribution in [2.45, 2.75) is 40.0 Å². The van der Waals surface area contributed by atoms with Gasteiger partial charge in [-0.3, -0.25) is 4.98 Å². The van der Waals surface area contributed by atoms with Crippen molar-refractivity contribution in [3.63, 3.8) is 0 Å². The van der Waals surface area contributed by atoms with Gasteiger partial charge in [0.05, 0.1) is 17.8 Å². The van der Waals surface area contributed by atoms with Crippen molar-refractivity contribution in [1.29, 1.82) is 0 Å². The molecule has 2 aliphatic heterocycles. The molecule has 9 heteroatoms. The Balaban J connectivity index is 1.63. The monoisotopic (exact) mass is 382 g/mol. The number of hydrazone groups is 1. The molecule has 4 heterocycles. The lowest BCUT2D eigenvalue weighted by molar-refractivity contribution is 0.206. The van der Waals surface area contributed by atoms with E-state index in [1.54, 1.807) is 23.5 Å². The van der Waals surface area contributed by atoms with Gasteiger partial charge < -0.3 is 14.4 Å². The van der Waals surface area contributed by atoms with Gasteiger partial charge in [0, 0.05) is 12.3 Å². The van der Waals surface area contributed by atoms with Gasteiger partial charge in [0.25, 0.3) is 0 Å². The van der Waals surface area contributed by atoms with E-state index in [2.05, 4.69) is 41.1 Å². The summed E-state index contributed by atoms with van der Waals surface area (Å²) < 4.78 is 11.2. The van der Waals surface area contributed by atoms with E-state index in [-0.39, 0.29) is 24.0 Å². The Labute approximate surface area is 162 Å². The maximum absolute atomic E-state index is 9.24. The number of aromatic nitrogens is 2. The van der Waals surface area contributed by atoms with Gasteiger partial charge in [-0.1, -0.05) is 32.0 Å². The van der Waals surface area contributed by atoms with Crippen molar-refractivity contribution in [3.05, 3.63) is 47.6 Å². The van der Waals surface area contributed by atoms with Gasteiger partial charge in [0.1, 0.15) is 19.3 Å². The summed E-state index contributed by atoms with van der Waals surface area (Å²) >= 11 is 0. The Morgan fingerprint density at radius 2 is 2.14 bits per heavy atom. The fourth-order valence-electron chi connectivity index (χ4n) is 3.36. The molecule has 0 spiro atoms. The molecule has 0 fully saturated rings. The van der Waals surface area contributed by atoms with Crippen molar-refractivity contribution >= 4 is 17.9 Å². The largest absolute Gasteiger partial charge is 0.473 e. The third kappa shape index (κ3) is 3.40. The molecule has 0 bridgehead atoms. The van der Waals surface area contributed by atoms with Crippen LogP contribution in [0.1, 0.15) is 37.9 Å². The highest BCUT2D eigenvalue weighted by atomic mass is 16.5. The van der Waals surface area contributed by atoms with E-state index in [1.807, 2.05) is 18.2 Å². The normalized spacial score (nSPS) is 21.4. The molecule has 0 saturated heterocycles. The standard InChI is InChI=1S/C19H22N6O3/c1-19(2,3)16-15-9-21-22-17(14-8-13(10-26)28-24-14)25(15)23-18(16)27-11-12-6-4-5-7-20-12/h4-9,15-16,26H,10-11H2,1-3H3. The molecule has 2 aromatic rings. The molecule has 0 saturated carbocycles. The van der Waals surface area contributed by atoms with E-state index in [1.165, 1.54) is 0 Å². The lowest BCUT2D eigenvalue weighted by Crippen LogP contribution is -2.45. The molecule has 0 aliphatic carbocycles. The van der Waals surface area contributed by atoms with E-state index in [9.17, 15) is 5.11 Å². The number of nitrogens with zero attached hydrogens (tertiary/aromatic N) is 6. The van der Waals surface area contributed by atoms with Crippen molar-refractivity contribution in [3.8, 4) is 0 Å². The highest BCUT2D eigenvalue weighted by Gasteiger charge is 2.48. The number of aliphatic hydroxyl groups excluding tert-OH is 1. The molecule has 28 heavy (non-hydrogen) atoms. The lowest BCUT2D eigenvalue weighted by atomic mass is 9.76. The van der Waals surface area contributed by atoms with E-state index < -0.39 is 0 Å². The van der Waals surface area contributed by atoms with Crippen LogP contribution in [0.5, 0.6) is 0 Å². The molecule has 2 unspecified atom stereocenters. The fraction of sp³-hybridized carbons (Fsp3) is 0.421. The Bertz CT molecular complexity index is 929. The van der Waals surface area contributed by atoms with Crippen LogP contribution < -0.4 is 0 Å². The number of amidine groups is 1. The molecule has 4 rings (SSSR count). The zero-order chi connectivity index (χ0) is 19.7.